The van der Waals surface area contributed by atoms with Crippen LogP contribution in [0.25, 0.3) is 0 Å². The molecule has 12 heteroatoms. The summed E-state index contributed by atoms with van der Waals surface area (Å²) in [5, 5.41) is 18.3. The van der Waals surface area contributed by atoms with Crippen molar-refractivity contribution in [3.8, 4) is 0 Å². The normalized spacial score (nSPS) is 13.5. The zero-order valence-electron chi connectivity index (χ0n) is 15.4. The molecule has 2 atom stereocenters. The molecule has 0 amide bonds. The molecular weight excluding hydrogens is 356 g/mol. The summed E-state index contributed by atoms with van der Waals surface area (Å²) in [7, 11) is 0. The van der Waals surface area contributed by atoms with Gasteiger partial charge < -0.3 is 44.6 Å². The van der Waals surface area contributed by atoms with E-state index in [1.54, 1.807) is 0 Å². The fourth-order valence-corrected chi connectivity index (χ4v) is 2.43. The summed E-state index contributed by atoms with van der Waals surface area (Å²) in [5.41, 5.74) is 30.8. The van der Waals surface area contributed by atoms with Crippen molar-refractivity contribution in [1.29, 1.82) is 0 Å². The highest BCUT2D eigenvalue weighted by atomic mass is 16.3. The van der Waals surface area contributed by atoms with E-state index in [1.165, 1.54) is 0 Å². The van der Waals surface area contributed by atoms with E-state index in [2.05, 4.69) is 9.98 Å². The monoisotopic (exact) mass is 388 g/mol. The van der Waals surface area contributed by atoms with Gasteiger partial charge in [-0.2, -0.15) is 0 Å². The van der Waals surface area contributed by atoms with Crippen LogP contribution in [0, 0.1) is 0 Å². The molecule has 14 N–H and O–H groups in total. The Hall–Kier alpha value is -2.28. The van der Waals surface area contributed by atoms with Crippen LogP contribution in [0.15, 0.2) is 9.98 Å². The molecule has 12 nitrogen and oxygen atoms in total. The van der Waals surface area contributed by atoms with Gasteiger partial charge in [-0.3, -0.25) is 9.59 Å². The summed E-state index contributed by atoms with van der Waals surface area (Å²) in [6.07, 6.45) is 2.85. The lowest BCUT2D eigenvalue weighted by molar-refractivity contribution is -0.126. The van der Waals surface area contributed by atoms with E-state index in [1.807, 2.05) is 0 Å². The van der Waals surface area contributed by atoms with Crippen LogP contribution in [0.1, 0.15) is 38.5 Å². The van der Waals surface area contributed by atoms with Crippen molar-refractivity contribution in [2.45, 2.75) is 56.3 Å². The molecule has 0 spiro atoms. The first-order chi connectivity index (χ1) is 12.5. The summed E-state index contributed by atoms with van der Waals surface area (Å²) in [4.78, 5) is 31.3. The molecule has 0 rings (SSSR count). The highest BCUT2D eigenvalue weighted by Gasteiger charge is 2.34. The number of guanidine groups is 2. The highest BCUT2D eigenvalue weighted by molar-refractivity contribution is 5.94. The average molecular weight is 388 g/mol. The lowest BCUT2D eigenvalue weighted by Gasteiger charge is -2.25. The van der Waals surface area contributed by atoms with Crippen molar-refractivity contribution in [2.24, 2.45) is 44.4 Å². The maximum absolute atomic E-state index is 12.2. The van der Waals surface area contributed by atoms with Crippen LogP contribution in [0.5, 0.6) is 0 Å². The molecule has 0 radical (unpaired) electrons. The molecule has 27 heavy (non-hydrogen) atoms. The molecule has 0 aliphatic rings. The molecule has 0 aromatic rings. The van der Waals surface area contributed by atoms with Crippen molar-refractivity contribution in [3.05, 3.63) is 0 Å². The summed E-state index contributed by atoms with van der Waals surface area (Å²) in [6, 6.07) is -2.15. The Balaban J connectivity index is 4.29. The summed E-state index contributed by atoms with van der Waals surface area (Å²) >= 11 is 0. The number of aliphatic hydroxyl groups is 2. The molecule has 0 bridgehead atoms. The van der Waals surface area contributed by atoms with Crippen LogP contribution in [0.3, 0.4) is 0 Å². The molecule has 0 aromatic carbocycles. The zero-order valence-corrected chi connectivity index (χ0v) is 15.4. The quantitative estimate of drug-likeness (QED) is 0.0626. The van der Waals surface area contributed by atoms with E-state index in [0.29, 0.717) is 25.7 Å². The van der Waals surface area contributed by atoms with Gasteiger partial charge in [0.1, 0.15) is 17.7 Å². The van der Waals surface area contributed by atoms with Gasteiger partial charge in [-0.1, -0.05) is 12.8 Å². The first-order valence-electron chi connectivity index (χ1n) is 8.59. The second-order valence-corrected chi connectivity index (χ2v) is 6.29. The Morgan fingerprint density at radius 2 is 1.30 bits per heavy atom. The van der Waals surface area contributed by atoms with Gasteiger partial charge >= 0.3 is 0 Å². The van der Waals surface area contributed by atoms with Crippen LogP contribution in [0.2, 0.25) is 0 Å². The number of rotatable bonds is 14. The minimum Gasteiger partial charge on any atom is -0.394 e. The predicted octanol–water partition coefficient (Wildman–Crippen LogP) is -3.65. The number of carbonyl (C=O) groups excluding carboxylic acids is 2. The molecule has 0 saturated heterocycles. The Bertz CT molecular complexity index is 542. The van der Waals surface area contributed by atoms with Crippen LogP contribution < -0.4 is 34.4 Å². The van der Waals surface area contributed by atoms with E-state index in [4.69, 9.17) is 39.5 Å². The van der Waals surface area contributed by atoms with Gasteiger partial charge in [-0.15, -0.1) is 0 Å². The second-order valence-electron chi connectivity index (χ2n) is 6.29. The Morgan fingerprint density at radius 3 is 1.78 bits per heavy atom. The number of hydrogen-bond acceptors (Lipinski definition) is 8. The van der Waals surface area contributed by atoms with Gasteiger partial charge in [-0.05, 0) is 19.3 Å². The number of carbonyl (C=O) groups is 2. The number of unbranched alkanes of at least 4 members (excludes halogenated alkanes) is 3. The largest absolute Gasteiger partial charge is 0.394 e. The van der Waals surface area contributed by atoms with Crippen molar-refractivity contribution in [3.63, 3.8) is 0 Å². The first kappa shape index (κ1) is 24.7. The van der Waals surface area contributed by atoms with Gasteiger partial charge in [-0.25, -0.2) is 9.98 Å². The van der Waals surface area contributed by atoms with Crippen molar-refractivity contribution in [2.75, 3.05) is 13.2 Å². The Kier molecular flexibility index (Phi) is 11.1. The molecular formula is C15H32N8O4. The second kappa shape index (κ2) is 12.2. The topological polar surface area (TPSA) is 255 Å². The van der Waals surface area contributed by atoms with Crippen molar-refractivity contribution in [1.82, 2.24) is 0 Å². The van der Waals surface area contributed by atoms with Gasteiger partial charge in [0.15, 0.2) is 23.5 Å². The third-order valence-electron chi connectivity index (χ3n) is 3.85. The van der Waals surface area contributed by atoms with Crippen molar-refractivity contribution >= 4 is 23.5 Å². The average Bonchev–Trinajstić information content (AvgIpc) is 2.59. The summed E-state index contributed by atoms with van der Waals surface area (Å²) in [6.45, 7) is -1.06. The number of aliphatic imine (C=N–C) groups is 2. The molecule has 0 unspecified atom stereocenters. The highest BCUT2D eigenvalue weighted by Crippen LogP contribution is 2.14. The smallest absolute Gasteiger partial charge is 0.193 e. The van der Waals surface area contributed by atoms with Gasteiger partial charge in [0.2, 0.25) is 0 Å². The number of Topliss-reactive ketones (excluding diaryl/α,β-unsaturated/α-hetero) is 2. The maximum atomic E-state index is 12.2. The molecule has 0 aliphatic carbocycles. The van der Waals surface area contributed by atoms with E-state index in [0.717, 1.165) is 0 Å². The van der Waals surface area contributed by atoms with Gasteiger partial charge in [0.05, 0.1) is 13.2 Å². The Labute approximate surface area is 158 Å². The summed E-state index contributed by atoms with van der Waals surface area (Å²) < 4.78 is 0. The standard InChI is InChI=1S/C15H32N8O4/c16-13(17)22-9(7-24)11(26)5-3-1-2-4-6-15(20,21)12(27)10(8-25)23-14(18)19/h9-10,24-25H,1-8,20-21H2,(H4,16,17,22)(H4,18,19,23)/t9-,10-/m0/s1. The molecule has 0 aliphatic heterocycles. The third-order valence-corrected chi connectivity index (χ3v) is 3.85. The van der Waals surface area contributed by atoms with Crippen LogP contribution in [-0.2, 0) is 9.59 Å². The Morgan fingerprint density at radius 1 is 0.815 bits per heavy atom. The van der Waals surface area contributed by atoms with E-state index < -0.39 is 36.7 Å². The maximum Gasteiger partial charge on any atom is 0.193 e. The zero-order chi connectivity index (χ0) is 21.0. The molecule has 0 fully saturated rings. The minimum atomic E-state index is -1.67. The third kappa shape index (κ3) is 9.84. The fourth-order valence-electron chi connectivity index (χ4n) is 2.43. The summed E-state index contributed by atoms with van der Waals surface area (Å²) in [5.74, 6) is -1.51. The number of nitrogens with two attached hydrogens (primary N) is 6. The predicted molar refractivity (Wildman–Crippen MR) is 102 cm³/mol. The molecule has 0 saturated carbocycles. The van der Waals surface area contributed by atoms with E-state index in [-0.39, 0.29) is 30.5 Å². The van der Waals surface area contributed by atoms with Gasteiger partial charge in [0, 0.05) is 6.42 Å². The van der Waals surface area contributed by atoms with Crippen LogP contribution >= 0.6 is 0 Å². The fraction of sp³-hybridized carbons (Fsp3) is 0.733. The minimum absolute atomic E-state index is 0.170. The molecule has 0 heterocycles. The first-order valence-corrected chi connectivity index (χ1v) is 8.59. The number of nitrogens with zero attached hydrogens (tertiary/aromatic N) is 2. The lowest BCUT2D eigenvalue weighted by atomic mass is 9.94. The van der Waals surface area contributed by atoms with E-state index in [9.17, 15) is 14.7 Å². The number of aliphatic hydroxyl groups excluding tert-OH is 2. The van der Waals surface area contributed by atoms with Gasteiger partial charge in [0.25, 0.3) is 0 Å². The number of hydrogen-bond donors (Lipinski definition) is 8. The number of ketones is 2. The molecule has 0 aromatic heterocycles. The van der Waals surface area contributed by atoms with Crippen LogP contribution in [0.4, 0.5) is 0 Å². The molecule has 156 valence electrons. The van der Waals surface area contributed by atoms with E-state index >= 15 is 0 Å². The lowest BCUT2D eigenvalue weighted by Crippen LogP contribution is -2.60. The van der Waals surface area contributed by atoms with Crippen molar-refractivity contribution < 1.29 is 19.8 Å². The van der Waals surface area contributed by atoms with Crippen LogP contribution in [-0.4, -0.2) is 64.7 Å². The SMILES string of the molecule is NC(N)=N[C@@H](CO)C(=O)CCCCCCC(N)(N)C(=O)[C@H](CO)N=C(N)N.